The summed E-state index contributed by atoms with van der Waals surface area (Å²) in [6.45, 7) is 7.12. The van der Waals surface area contributed by atoms with Crippen LogP contribution < -0.4 is 11.1 Å². The van der Waals surface area contributed by atoms with Gasteiger partial charge in [-0.25, -0.2) is 0 Å². The summed E-state index contributed by atoms with van der Waals surface area (Å²) in [5, 5.41) is 2.74. The molecule has 3 aromatic carbocycles. The van der Waals surface area contributed by atoms with Crippen molar-refractivity contribution in [1.29, 1.82) is 0 Å². The Bertz CT molecular complexity index is 1370. The smallest absolute Gasteiger partial charge is 0.253 e. The van der Waals surface area contributed by atoms with Gasteiger partial charge in [0.25, 0.3) is 11.8 Å². The lowest BCUT2D eigenvalue weighted by atomic mass is 9.99. The van der Waals surface area contributed by atoms with Crippen molar-refractivity contribution in [2.75, 3.05) is 19.3 Å². The molecule has 4 N–H and O–H groups in total. The quantitative estimate of drug-likeness (QED) is 0.230. The van der Waals surface area contributed by atoms with Gasteiger partial charge in [0.05, 0.1) is 5.92 Å². The molecule has 0 saturated carbocycles. The third kappa shape index (κ3) is 8.87. The lowest BCUT2D eigenvalue weighted by molar-refractivity contribution is -0.119. The normalized spacial score (nSPS) is 14.0. The third-order valence-electron chi connectivity index (χ3n) is 6.97. The average Bonchev–Trinajstić information content (AvgIpc) is 2.96. The van der Waals surface area contributed by atoms with E-state index in [-0.39, 0.29) is 17.9 Å². The minimum Gasteiger partial charge on any atom is -0.369 e. The van der Waals surface area contributed by atoms with Crippen molar-refractivity contribution in [2.45, 2.75) is 51.7 Å². The summed E-state index contributed by atoms with van der Waals surface area (Å²) in [7, 11) is -4.20. The van der Waals surface area contributed by atoms with E-state index in [1.54, 1.807) is 47.4 Å². The number of carbonyl (C=O) groups is 3. The van der Waals surface area contributed by atoms with Crippen LogP contribution >= 0.6 is 7.37 Å². The number of amides is 3. The van der Waals surface area contributed by atoms with Gasteiger partial charge in [-0.15, -0.1) is 0 Å². The van der Waals surface area contributed by atoms with Gasteiger partial charge in [-0.2, -0.15) is 0 Å². The minimum atomic E-state index is -4.20. The molecule has 0 aliphatic carbocycles. The first-order valence-corrected chi connectivity index (χ1v) is 15.9. The van der Waals surface area contributed by atoms with Gasteiger partial charge in [0.1, 0.15) is 5.78 Å². The number of nitrogens with one attached hydrogen (secondary N) is 1. The fraction of sp³-hybridized carbons (Fsp3) is 0.344. The first-order valence-electron chi connectivity index (χ1n) is 14.0. The summed E-state index contributed by atoms with van der Waals surface area (Å²) in [6.07, 6.45) is 1.27. The molecule has 218 valence electrons. The maximum atomic E-state index is 13.9. The van der Waals surface area contributed by atoms with Crippen LogP contribution in [0.1, 0.15) is 70.0 Å². The van der Waals surface area contributed by atoms with Crippen LogP contribution in [0.15, 0.2) is 78.9 Å². The molecule has 3 unspecified atom stereocenters. The fourth-order valence-corrected chi connectivity index (χ4v) is 6.73. The Labute approximate surface area is 242 Å². The standard InChI is InChI=1S/C32H40N3O5P/c1-4-18-35(19-5-2)32(38)27-13-9-12-26(21-27)31(37)34-29(20-24-10-7-6-8-11-24)41(39,40)22-28(30(33)36)25-16-14-23(3)15-17-25/h6-17,21,28-29H,4-5,18-20,22H2,1-3H3,(H2,33,36)(H,34,37)(H,39,40). The summed E-state index contributed by atoms with van der Waals surface area (Å²) >= 11 is 0. The van der Waals surface area contributed by atoms with Gasteiger partial charge in [-0.3, -0.25) is 18.9 Å². The van der Waals surface area contributed by atoms with Gasteiger partial charge in [-0.1, -0.05) is 80.1 Å². The molecule has 3 rings (SSSR count). The maximum Gasteiger partial charge on any atom is 0.253 e. The predicted molar refractivity (Wildman–Crippen MR) is 162 cm³/mol. The van der Waals surface area contributed by atoms with Crippen molar-refractivity contribution >= 4 is 25.1 Å². The predicted octanol–water partition coefficient (Wildman–Crippen LogP) is 5.10. The van der Waals surface area contributed by atoms with Gasteiger partial charge in [-0.05, 0) is 49.1 Å². The number of rotatable bonds is 14. The summed E-state index contributed by atoms with van der Waals surface area (Å²) in [6, 6.07) is 22.5. The van der Waals surface area contributed by atoms with Crippen LogP contribution in [0, 0.1) is 6.92 Å². The van der Waals surface area contributed by atoms with Gasteiger partial charge in [0, 0.05) is 36.8 Å². The number of nitrogens with two attached hydrogens (primary N) is 1. The summed E-state index contributed by atoms with van der Waals surface area (Å²) in [5.74, 6) is -3.67. The van der Waals surface area contributed by atoms with Crippen molar-refractivity contribution < 1.29 is 23.8 Å². The number of hydrogen-bond donors (Lipinski definition) is 3. The van der Waals surface area contributed by atoms with Crippen LogP contribution in [-0.2, 0) is 15.8 Å². The first-order chi connectivity index (χ1) is 19.6. The Hall–Kier alpha value is -3.74. The van der Waals surface area contributed by atoms with E-state index in [1.807, 2.05) is 51.1 Å². The Balaban J connectivity index is 1.90. The van der Waals surface area contributed by atoms with Crippen molar-refractivity contribution in [3.05, 3.63) is 107 Å². The lowest BCUT2D eigenvalue weighted by Gasteiger charge is -2.27. The molecule has 0 heterocycles. The summed E-state index contributed by atoms with van der Waals surface area (Å²) < 4.78 is 13.9. The average molecular weight is 578 g/mol. The van der Waals surface area contributed by atoms with Crippen LogP contribution in [0.2, 0.25) is 0 Å². The maximum absolute atomic E-state index is 13.9. The van der Waals surface area contributed by atoms with E-state index in [2.05, 4.69) is 5.32 Å². The largest absolute Gasteiger partial charge is 0.369 e. The Morgan fingerprint density at radius 2 is 1.51 bits per heavy atom. The second-order valence-electron chi connectivity index (χ2n) is 10.4. The molecule has 8 nitrogen and oxygen atoms in total. The molecular weight excluding hydrogens is 537 g/mol. The molecular formula is C32H40N3O5P. The molecule has 9 heteroatoms. The van der Waals surface area contributed by atoms with Crippen LogP contribution in [0.4, 0.5) is 0 Å². The van der Waals surface area contributed by atoms with E-state index >= 15 is 0 Å². The minimum absolute atomic E-state index is 0.0686. The van der Waals surface area contributed by atoms with Crippen molar-refractivity contribution in [3.63, 3.8) is 0 Å². The van der Waals surface area contributed by atoms with Gasteiger partial charge < -0.3 is 20.8 Å². The number of carbonyl (C=O) groups excluding carboxylic acids is 3. The van der Waals surface area contributed by atoms with Crippen LogP contribution in [0.25, 0.3) is 0 Å². The molecule has 3 amide bonds. The van der Waals surface area contributed by atoms with E-state index in [4.69, 9.17) is 5.73 Å². The number of hydrogen-bond acceptors (Lipinski definition) is 4. The molecule has 0 aliphatic heterocycles. The van der Waals surface area contributed by atoms with Gasteiger partial charge in [0.2, 0.25) is 13.3 Å². The highest BCUT2D eigenvalue weighted by atomic mass is 31.2. The van der Waals surface area contributed by atoms with Crippen molar-refractivity contribution in [3.8, 4) is 0 Å². The van der Waals surface area contributed by atoms with E-state index in [9.17, 15) is 23.8 Å². The Morgan fingerprint density at radius 3 is 2.10 bits per heavy atom. The topological polar surface area (TPSA) is 130 Å². The SMILES string of the molecule is CCCN(CCC)C(=O)c1cccc(C(=O)NC(Cc2ccccc2)P(=O)(O)CC(C(N)=O)c2ccc(C)cc2)c1. The monoisotopic (exact) mass is 577 g/mol. The molecule has 0 aromatic heterocycles. The number of primary amides is 1. The summed E-state index contributed by atoms with van der Waals surface area (Å²) in [4.78, 5) is 52.1. The van der Waals surface area contributed by atoms with E-state index in [0.29, 0.717) is 24.2 Å². The zero-order valence-corrected chi connectivity index (χ0v) is 24.8. The van der Waals surface area contributed by atoms with Crippen molar-refractivity contribution in [2.24, 2.45) is 5.73 Å². The van der Waals surface area contributed by atoms with Crippen molar-refractivity contribution in [1.82, 2.24) is 10.2 Å². The zero-order chi connectivity index (χ0) is 30.0. The molecule has 0 bridgehead atoms. The number of benzene rings is 3. The molecule has 41 heavy (non-hydrogen) atoms. The number of nitrogens with zero attached hydrogens (tertiary/aromatic N) is 1. The van der Waals surface area contributed by atoms with Gasteiger partial charge in [0.15, 0.2) is 0 Å². The molecule has 0 radical (unpaired) electrons. The van der Waals surface area contributed by atoms with Crippen LogP contribution in [0.5, 0.6) is 0 Å². The second-order valence-corrected chi connectivity index (χ2v) is 12.9. The molecule has 0 fully saturated rings. The van der Waals surface area contributed by atoms with Gasteiger partial charge >= 0.3 is 0 Å². The zero-order valence-electron chi connectivity index (χ0n) is 24.0. The molecule has 3 aromatic rings. The third-order valence-corrected chi connectivity index (χ3v) is 9.14. The second kappa shape index (κ2) is 14.8. The Morgan fingerprint density at radius 1 is 0.902 bits per heavy atom. The molecule has 0 saturated heterocycles. The Kier molecular flexibility index (Phi) is 11.4. The fourth-order valence-electron chi connectivity index (χ4n) is 4.74. The molecule has 0 spiro atoms. The highest BCUT2D eigenvalue weighted by Crippen LogP contribution is 2.50. The molecule has 0 aliphatic rings. The van der Waals surface area contributed by atoms with Crippen LogP contribution in [0.3, 0.4) is 0 Å². The van der Waals surface area contributed by atoms with Crippen LogP contribution in [-0.4, -0.2) is 52.5 Å². The summed E-state index contributed by atoms with van der Waals surface area (Å²) in [5.41, 5.74) is 8.52. The first kappa shape index (κ1) is 31.8. The number of aryl methyl sites for hydroxylation is 1. The van der Waals surface area contributed by atoms with E-state index < -0.39 is 37.0 Å². The highest BCUT2D eigenvalue weighted by molar-refractivity contribution is 7.58. The lowest BCUT2D eigenvalue weighted by Crippen LogP contribution is -2.38. The van der Waals surface area contributed by atoms with E-state index in [0.717, 1.165) is 24.0 Å². The molecule has 3 atom stereocenters. The highest BCUT2D eigenvalue weighted by Gasteiger charge is 2.37. The van der Waals surface area contributed by atoms with E-state index in [1.165, 1.54) is 6.07 Å².